The minimum atomic E-state index is 0.277. The largest absolute Gasteiger partial charge is 0.368 e. The third-order valence-corrected chi connectivity index (χ3v) is 4.81. The molecule has 1 amide bonds. The molecule has 1 heterocycles. The summed E-state index contributed by atoms with van der Waals surface area (Å²) in [6.45, 7) is 7.77. The maximum atomic E-state index is 12.4. The van der Waals surface area contributed by atoms with Crippen molar-refractivity contribution in [3.8, 4) is 0 Å². The van der Waals surface area contributed by atoms with Crippen LogP contribution in [0.15, 0.2) is 48.5 Å². The van der Waals surface area contributed by atoms with Gasteiger partial charge in [-0.3, -0.25) is 4.79 Å². The first kappa shape index (κ1) is 16.6. The van der Waals surface area contributed by atoms with Gasteiger partial charge in [0.1, 0.15) is 0 Å². The van der Waals surface area contributed by atoms with Gasteiger partial charge in [0.05, 0.1) is 0 Å². The fourth-order valence-corrected chi connectivity index (χ4v) is 3.31. The fraction of sp³-hybridized carbons (Fsp3) is 0.381. The predicted octanol–water partition coefficient (Wildman–Crippen LogP) is 3.58. The molecule has 0 bridgehead atoms. The van der Waals surface area contributed by atoms with Crippen molar-refractivity contribution in [1.29, 1.82) is 0 Å². The number of carbonyl (C=O) groups excluding carboxylic acids is 1. The summed E-state index contributed by atoms with van der Waals surface area (Å²) in [5.41, 5.74) is 5.15. The second-order valence-electron chi connectivity index (χ2n) is 6.64. The number of hydrogen-bond donors (Lipinski definition) is 0. The molecule has 126 valence electrons. The van der Waals surface area contributed by atoms with E-state index in [0.717, 1.165) is 32.6 Å². The molecular formula is C21H26N2O. The molecule has 0 radical (unpaired) electrons. The standard InChI is InChI=1S/C21H26N2O/c1-17-8-9-18(2)20(16-17)22-12-14-23(15-13-22)21(24)11-10-19-6-4-3-5-7-19/h3-9,16H,10-15H2,1-2H3. The normalized spacial score (nSPS) is 14.8. The maximum absolute atomic E-state index is 12.4. The number of benzene rings is 2. The molecule has 2 aromatic carbocycles. The Labute approximate surface area is 144 Å². The van der Waals surface area contributed by atoms with E-state index in [9.17, 15) is 4.79 Å². The molecule has 0 saturated carbocycles. The van der Waals surface area contributed by atoms with Gasteiger partial charge in [-0.2, -0.15) is 0 Å². The molecule has 0 N–H and O–H groups in total. The maximum Gasteiger partial charge on any atom is 0.223 e. The number of hydrogen-bond acceptors (Lipinski definition) is 2. The van der Waals surface area contributed by atoms with Crippen LogP contribution in [0, 0.1) is 13.8 Å². The molecule has 24 heavy (non-hydrogen) atoms. The summed E-state index contributed by atoms with van der Waals surface area (Å²) in [6.07, 6.45) is 1.43. The van der Waals surface area contributed by atoms with E-state index in [-0.39, 0.29) is 5.91 Å². The summed E-state index contributed by atoms with van der Waals surface area (Å²) in [5.74, 6) is 0.277. The van der Waals surface area contributed by atoms with Gasteiger partial charge in [-0.1, -0.05) is 42.5 Å². The van der Waals surface area contributed by atoms with Gasteiger partial charge in [0.2, 0.25) is 5.91 Å². The molecule has 0 spiro atoms. The Kier molecular flexibility index (Phi) is 5.19. The second-order valence-corrected chi connectivity index (χ2v) is 6.64. The number of nitrogens with zero attached hydrogens (tertiary/aromatic N) is 2. The highest BCUT2D eigenvalue weighted by Crippen LogP contribution is 2.23. The number of piperazine rings is 1. The van der Waals surface area contributed by atoms with Crippen molar-refractivity contribution in [2.45, 2.75) is 26.7 Å². The van der Waals surface area contributed by atoms with E-state index in [4.69, 9.17) is 0 Å². The lowest BCUT2D eigenvalue weighted by atomic mass is 10.1. The summed E-state index contributed by atoms with van der Waals surface area (Å²) in [4.78, 5) is 16.9. The SMILES string of the molecule is Cc1ccc(C)c(N2CCN(C(=O)CCc3ccccc3)CC2)c1. The van der Waals surface area contributed by atoms with E-state index >= 15 is 0 Å². The van der Waals surface area contributed by atoms with E-state index in [1.807, 2.05) is 23.1 Å². The number of rotatable bonds is 4. The minimum Gasteiger partial charge on any atom is -0.368 e. The third-order valence-electron chi connectivity index (χ3n) is 4.81. The highest BCUT2D eigenvalue weighted by atomic mass is 16.2. The highest BCUT2D eigenvalue weighted by Gasteiger charge is 2.21. The smallest absolute Gasteiger partial charge is 0.223 e. The average Bonchev–Trinajstić information content (AvgIpc) is 2.63. The van der Waals surface area contributed by atoms with E-state index in [0.29, 0.717) is 6.42 Å². The molecule has 0 unspecified atom stereocenters. The molecule has 2 aromatic rings. The lowest BCUT2D eigenvalue weighted by Crippen LogP contribution is -2.49. The van der Waals surface area contributed by atoms with Crippen molar-refractivity contribution in [2.75, 3.05) is 31.1 Å². The number of aryl methyl sites for hydroxylation is 3. The van der Waals surface area contributed by atoms with Gasteiger partial charge >= 0.3 is 0 Å². The van der Waals surface area contributed by atoms with Crippen LogP contribution >= 0.6 is 0 Å². The number of anilines is 1. The van der Waals surface area contributed by atoms with Crippen LogP contribution in [0.3, 0.4) is 0 Å². The quantitative estimate of drug-likeness (QED) is 0.859. The van der Waals surface area contributed by atoms with E-state index in [1.165, 1.54) is 22.4 Å². The summed E-state index contributed by atoms with van der Waals surface area (Å²) < 4.78 is 0. The molecule has 1 aliphatic heterocycles. The average molecular weight is 322 g/mol. The van der Waals surface area contributed by atoms with Gasteiger partial charge < -0.3 is 9.80 Å². The van der Waals surface area contributed by atoms with Crippen molar-refractivity contribution in [1.82, 2.24) is 4.90 Å². The third kappa shape index (κ3) is 3.97. The van der Waals surface area contributed by atoms with Crippen molar-refractivity contribution in [2.24, 2.45) is 0 Å². The van der Waals surface area contributed by atoms with Crippen LogP contribution in [0.5, 0.6) is 0 Å². The Morgan fingerprint density at radius 3 is 2.38 bits per heavy atom. The molecule has 1 aliphatic rings. The summed E-state index contributed by atoms with van der Waals surface area (Å²) in [7, 11) is 0. The molecule has 0 aromatic heterocycles. The van der Waals surface area contributed by atoms with Gasteiger partial charge in [0, 0.05) is 38.3 Å². The molecule has 3 heteroatoms. The van der Waals surface area contributed by atoms with Gasteiger partial charge in [0.25, 0.3) is 0 Å². The first-order valence-corrected chi connectivity index (χ1v) is 8.77. The molecule has 0 aliphatic carbocycles. The molecular weight excluding hydrogens is 296 g/mol. The van der Waals surface area contributed by atoms with Crippen LogP contribution in [-0.2, 0) is 11.2 Å². The summed E-state index contributed by atoms with van der Waals surface area (Å²) in [6, 6.07) is 16.8. The first-order chi connectivity index (χ1) is 11.6. The minimum absolute atomic E-state index is 0.277. The van der Waals surface area contributed by atoms with Gasteiger partial charge in [-0.15, -0.1) is 0 Å². The first-order valence-electron chi connectivity index (χ1n) is 8.77. The lowest BCUT2D eigenvalue weighted by molar-refractivity contribution is -0.131. The summed E-state index contributed by atoms with van der Waals surface area (Å²) in [5, 5.41) is 0. The topological polar surface area (TPSA) is 23.6 Å². The van der Waals surface area contributed by atoms with E-state index in [1.54, 1.807) is 0 Å². The van der Waals surface area contributed by atoms with Crippen LogP contribution in [0.25, 0.3) is 0 Å². The van der Waals surface area contributed by atoms with Crippen molar-refractivity contribution in [3.63, 3.8) is 0 Å². The van der Waals surface area contributed by atoms with Crippen molar-refractivity contribution >= 4 is 11.6 Å². The fourth-order valence-electron chi connectivity index (χ4n) is 3.31. The highest BCUT2D eigenvalue weighted by molar-refractivity contribution is 5.77. The number of amides is 1. The molecule has 3 nitrogen and oxygen atoms in total. The van der Waals surface area contributed by atoms with Crippen LogP contribution in [0.2, 0.25) is 0 Å². The van der Waals surface area contributed by atoms with Gasteiger partial charge in [0.15, 0.2) is 0 Å². The Balaban J connectivity index is 1.53. The molecule has 1 fully saturated rings. The van der Waals surface area contributed by atoms with E-state index in [2.05, 4.69) is 49.1 Å². The summed E-state index contributed by atoms with van der Waals surface area (Å²) >= 11 is 0. The zero-order valence-electron chi connectivity index (χ0n) is 14.7. The van der Waals surface area contributed by atoms with Crippen LogP contribution in [0.4, 0.5) is 5.69 Å². The number of carbonyl (C=O) groups is 1. The molecule has 3 rings (SSSR count). The van der Waals surface area contributed by atoms with Gasteiger partial charge in [-0.25, -0.2) is 0 Å². The van der Waals surface area contributed by atoms with Gasteiger partial charge in [-0.05, 0) is 43.0 Å². The zero-order valence-corrected chi connectivity index (χ0v) is 14.7. The van der Waals surface area contributed by atoms with Crippen LogP contribution in [-0.4, -0.2) is 37.0 Å². The molecule has 0 atom stereocenters. The van der Waals surface area contributed by atoms with E-state index < -0.39 is 0 Å². The lowest BCUT2D eigenvalue weighted by Gasteiger charge is -2.37. The zero-order chi connectivity index (χ0) is 16.9. The predicted molar refractivity (Wildman–Crippen MR) is 99.5 cm³/mol. The van der Waals surface area contributed by atoms with Crippen molar-refractivity contribution in [3.05, 3.63) is 65.2 Å². The Morgan fingerprint density at radius 1 is 0.958 bits per heavy atom. The Morgan fingerprint density at radius 2 is 1.67 bits per heavy atom. The van der Waals surface area contributed by atoms with Crippen LogP contribution < -0.4 is 4.90 Å². The van der Waals surface area contributed by atoms with Crippen molar-refractivity contribution < 1.29 is 4.79 Å². The Hall–Kier alpha value is -2.29. The monoisotopic (exact) mass is 322 g/mol. The molecule has 1 saturated heterocycles. The Bertz CT molecular complexity index is 688. The second kappa shape index (κ2) is 7.52. The van der Waals surface area contributed by atoms with Crippen LogP contribution in [0.1, 0.15) is 23.1 Å².